The monoisotopic (exact) mass is 391 g/mol. The summed E-state index contributed by atoms with van der Waals surface area (Å²) in [5, 5.41) is 0.0433. The average Bonchev–Trinajstić information content (AvgIpc) is 2.35. The topological polar surface area (TPSA) is 57.1 Å². The molecule has 0 radical (unpaired) electrons. The summed E-state index contributed by atoms with van der Waals surface area (Å²) in [6.45, 7) is 2.51. The number of halogens is 2. The van der Waals surface area contributed by atoms with E-state index >= 15 is 0 Å². The minimum atomic E-state index is 0.0433. The van der Waals surface area contributed by atoms with Crippen LogP contribution in [0.25, 0.3) is 0 Å². The second kappa shape index (κ2) is 6.85. The van der Waals surface area contributed by atoms with Crippen molar-refractivity contribution in [3.05, 3.63) is 33.1 Å². The van der Waals surface area contributed by atoms with Crippen LogP contribution in [0.5, 0.6) is 17.8 Å². The summed E-state index contributed by atoms with van der Waals surface area (Å²) in [7, 11) is 0. The van der Waals surface area contributed by atoms with E-state index in [1.807, 2.05) is 31.2 Å². The Bertz CT molecular complexity index is 568. The third-order valence-corrected chi connectivity index (χ3v) is 2.85. The van der Waals surface area contributed by atoms with Crippen molar-refractivity contribution in [2.45, 2.75) is 13.3 Å². The Morgan fingerprint density at radius 3 is 2.74 bits per heavy atom. The van der Waals surface area contributed by atoms with E-state index in [-0.39, 0.29) is 17.3 Å². The number of ether oxygens (including phenoxy) is 2. The van der Waals surface area contributed by atoms with Gasteiger partial charge in [0.05, 0.1) is 6.61 Å². The summed E-state index contributed by atoms with van der Waals surface area (Å²) in [4.78, 5) is 11.8. The highest BCUT2D eigenvalue weighted by molar-refractivity contribution is 14.1. The fraction of sp³-hybridized carbons (Fsp3) is 0.250. The zero-order valence-electron chi connectivity index (χ0n) is 10.1. The van der Waals surface area contributed by atoms with Crippen LogP contribution >= 0.6 is 34.2 Å². The van der Waals surface area contributed by atoms with Crippen LogP contribution in [0.4, 0.5) is 0 Å². The van der Waals surface area contributed by atoms with Gasteiger partial charge in [-0.05, 0) is 58.8 Å². The number of hydrogen-bond acceptors (Lipinski definition) is 5. The van der Waals surface area contributed by atoms with E-state index in [9.17, 15) is 0 Å². The Balaban J connectivity index is 2.17. The van der Waals surface area contributed by atoms with Crippen molar-refractivity contribution in [2.24, 2.45) is 0 Å². The van der Waals surface area contributed by atoms with Crippen molar-refractivity contribution >= 4 is 34.2 Å². The van der Waals surface area contributed by atoms with E-state index in [0.29, 0.717) is 12.4 Å². The molecule has 0 saturated carbocycles. The third kappa shape index (κ3) is 4.46. The molecule has 7 heteroatoms. The normalized spacial score (nSPS) is 10.3. The van der Waals surface area contributed by atoms with Gasteiger partial charge in [0.1, 0.15) is 5.75 Å². The van der Waals surface area contributed by atoms with Crippen molar-refractivity contribution in [2.75, 3.05) is 6.61 Å². The molecule has 1 aromatic heterocycles. The summed E-state index contributed by atoms with van der Waals surface area (Å²) in [6.07, 6.45) is 0.858. The summed E-state index contributed by atoms with van der Waals surface area (Å²) in [5.41, 5.74) is 0. The Labute approximate surface area is 129 Å². The molecule has 0 fully saturated rings. The van der Waals surface area contributed by atoms with Crippen LogP contribution < -0.4 is 9.47 Å². The first-order chi connectivity index (χ1) is 9.17. The summed E-state index contributed by atoms with van der Waals surface area (Å²) in [6, 6.07) is 7.81. The highest BCUT2D eigenvalue weighted by Gasteiger charge is 2.08. The van der Waals surface area contributed by atoms with Gasteiger partial charge in [-0.1, -0.05) is 13.0 Å². The highest BCUT2D eigenvalue weighted by atomic mass is 127. The van der Waals surface area contributed by atoms with Crippen LogP contribution in [-0.4, -0.2) is 21.6 Å². The Hall–Kier alpha value is -1.15. The number of nitrogens with zero attached hydrogens (tertiary/aromatic N) is 3. The third-order valence-electron chi connectivity index (χ3n) is 2.01. The zero-order valence-corrected chi connectivity index (χ0v) is 13.1. The molecular weight excluding hydrogens is 381 g/mol. The Morgan fingerprint density at radius 2 is 2.00 bits per heavy atom. The molecule has 2 rings (SSSR count). The van der Waals surface area contributed by atoms with E-state index in [1.165, 1.54) is 0 Å². The van der Waals surface area contributed by atoms with Gasteiger partial charge >= 0.3 is 12.0 Å². The fourth-order valence-corrected chi connectivity index (χ4v) is 1.91. The van der Waals surface area contributed by atoms with Crippen LogP contribution in [0.1, 0.15) is 13.3 Å². The van der Waals surface area contributed by atoms with Gasteiger partial charge in [0.25, 0.3) is 0 Å². The first kappa shape index (κ1) is 14.3. The largest absolute Gasteiger partial charge is 0.463 e. The Kier molecular flexibility index (Phi) is 5.15. The molecule has 1 aromatic carbocycles. The molecule has 0 atom stereocenters. The maximum Gasteiger partial charge on any atom is 0.329 e. The second-order valence-corrected chi connectivity index (χ2v) is 5.16. The number of rotatable bonds is 5. The molecule has 0 bridgehead atoms. The summed E-state index contributed by atoms with van der Waals surface area (Å²) >= 11 is 8.00. The maximum absolute atomic E-state index is 5.80. The minimum Gasteiger partial charge on any atom is -0.463 e. The lowest BCUT2D eigenvalue weighted by Crippen LogP contribution is -2.03. The van der Waals surface area contributed by atoms with Crippen LogP contribution in [0.15, 0.2) is 24.3 Å². The van der Waals surface area contributed by atoms with Crippen LogP contribution in [0.2, 0.25) is 5.28 Å². The lowest BCUT2D eigenvalue weighted by atomic mass is 10.3. The van der Waals surface area contributed by atoms with E-state index in [4.69, 9.17) is 21.1 Å². The lowest BCUT2D eigenvalue weighted by molar-refractivity contribution is 0.284. The second-order valence-electron chi connectivity index (χ2n) is 3.58. The molecule has 0 aliphatic heterocycles. The SMILES string of the molecule is CCCOc1nc(Cl)nc(Oc2cccc(I)c2)n1. The number of hydrogen-bond donors (Lipinski definition) is 0. The van der Waals surface area contributed by atoms with Crippen LogP contribution in [0, 0.1) is 3.57 Å². The maximum atomic E-state index is 5.80. The van der Waals surface area contributed by atoms with Crippen LogP contribution in [0.3, 0.4) is 0 Å². The molecular formula is C12H11ClIN3O2. The molecule has 0 amide bonds. The highest BCUT2D eigenvalue weighted by Crippen LogP contribution is 2.22. The molecule has 100 valence electrons. The molecule has 19 heavy (non-hydrogen) atoms. The van der Waals surface area contributed by atoms with Crippen molar-refractivity contribution in [1.29, 1.82) is 0 Å². The predicted octanol–water partition coefficient (Wildman–Crippen LogP) is 3.71. The van der Waals surface area contributed by atoms with Gasteiger partial charge < -0.3 is 9.47 Å². The molecule has 0 aliphatic rings. The molecule has 0 spiro atoms. The van der Waals surface area contributed by atoms with E-state index in [1.54, 1.807) is 0 Å². The smallest absolute Gasteiger partial charge is 0.329 e. The molecule has 0 N–H and O–H groups in total. The van der Waals surface area contributed by atoms with E-state index < -0.39 is 0 Å². The van der Waals surface area contributed by atoms with Gasteiger partial charge in [0, 0.05) is 3.57 Å². The quantitative estimate of drug-likeness (QED) is 0.727. The van der Waals surface area contributed by atoms with Gasteiger partial charge in [-0.15, -0.1) is 4.98 Å². The number of aromatic nitrogens is 3. The van der Waals surface area contributed by atoms with Gasteiger partial charge in [0.15, 0.2) is 0 Å². The zero-order chi connectivity index (χ0) is 13.7. The standard InChI is InChI=1S/C12H11ClIN3O2/c1-2-6-18-11-15-10(13)16-12(17-11)19-9-5-3-4-8(14)7-9/h3-5,7H,2,6H2,1H3. The molecule has 0 unspecified atom stereocenters. The Morgan fingerprint density at radius 1 is 1.21 bits per heavy atom. The molecule has 0 aliphatic carbocycles. The molecule has 5 nitrogen and oxygen atoms in total. The van der Waals surface area contributed by atoms with Crippen molar-refractivity contribution < 1.29 is 9.47 Å². The number of benzene rings is 1. The van der Waals surface area contributed by atoms with E-state index in [2.05, 4.69) is 37.5 Å². The van der Waals surface area contributed by atoms with Gasteiger partial charge in [-0.2, -0.15) is 9.97 Å². The molecule has 2 aromatic rings. The van der Waals surface area contributed by atoms with Crippen LogP contribution in [-0.2, 0) is 0 Å². The summed E-state index contributed by atoms with van der Waals surface area (Å²) in [5.74, 6) is 0.635. The molecule has 0 saturated heterocycles. The first-order valence-electron chi connectivity index (χ1n) is 5.65. The van der Waals surface area contributed by atoms with Crippen molar-refractivity contribution in [3.8, 4) is 17.8 Å². The van der Waals surface area contributed by atoms with Crippen molar-refractivity contribution in [1.82, 2.24) is 15.0 Å². The first-order valence-corrected chi connectivity index (χ1v) is 7.11. The fourth-order valence-electron chi connectivity index (χ4n) is 1.25. The lowest BCUT2D eigenvalue weighted by Gasteiger charge is -2.06. The van der Waals surface area contributed by atoms with Gasteiger partial charge in [-0.25, -0.2) is 0 Å². The average molecular weight is 392 g/mol. The predicted molar refractivity (Wildman–Crippen MR) is 79.9 cm³/mol. The van der Waals surface area contributed by atoms with E-state index in [0.717, 1.165) is 9.99 Å². The van der Waals surface area contributed by atoms with Gasteiger partial charge in [0.2, 0.25) is 5.28 Å². The molecule has 1 heterocycles. The minimum absolute atomic E-state index is 0.0433. The van der Waals surface area contributed by atoms with Crippen molar-refractivity contribution in [3.63, 3.8) is 0 Å². The summed E-state index contributed by atoms with van der Waals surface area (Å²) < 4.78 is 11.9. The van der Waals surface area contributed by atoms with Gasteiger partial charge in [-0.3, -0.25) is 0 Å².